The highest BCUT2D eigenvalue weighted by atomic mass is 35.5. The summed E-state index contributed by atoms with van der Waals surface area (Å²) >= 11 is 5.92. The fourth-order valence-corrected chi connectivity index (χ4v) is 2.36. The zero-order valence-corrected chi connectivity index (χ0v) is 11.0. The van der Waals surface area contributed by atoms with Crippen LogP contribution in [0, 0.1) is 0 Å². The van der Waals surface area contributed by atoms with E-state index in [1.54, 1.807) is 6.20 Å². The lowest BCUT2D eigenvalue weighted by Crippen LogP contribution is -2.36. The van der Waals surface area contributed by atoms with Crippen LogP contribution in [-0.4, -0.2) is 17.5 Å². The van der Waals surface area contributed by atoms with Crippen molar-refractivity contribution in [2.45, 2.75) is 6.04 Å². The molecule has 0 saturated carbocycles. The number of nitrogens with zero attached hydrogens (tertiary/aromatic N) is 3. The van der Waals surface area contributed by atoms with Crippen LogP contribution in [0.4, 0.5) is 5.69 Å². The summed E-state index contributed by atoms with van der Waals surface area (Å²) in [6.07, 6.45) is 3.61. The smallest absolute Gasteiger partial charge is 0.196 e. The van der Waals surface area contributed by atoms with Crippen LogP contribution in [0.5, 0.6) is 0 Å². The first-order valence-corrected chi connectivity index (χ1v) is 6.38. The van der Waals surface area contributed by atoms with E-state index < -0.39 is 0 Å². The Hall–Kier alpha value is -2.07. The van der Waals surface area contributed by atoms with Gasteiger partial charge >= 0.3 is 0 Å². The van der Waals surface area contributed by atoms with E-state index in [2.05, 4.69) is 9.98 Å². The maximum absolute atomic E-state index is 6.00. The highest BCUT2D eigenvalue weighted by Gasteiger charge is 2.28. The Morgan fingerprint density at radius 3 is 2.68 bits per heavy atom. The molecule has 0 radical (unpaired) electrons. The second-order valence-electron chi connectivity index (χ2n) is 4.35. The normalized spacial score (nSPS) is 18.5. The van der Waals surface area contributed by atoms with Crippen molar-refractivity contribution in [3.63, 3.8) is 0 Å². The molecule has 2 heterocycles. The van der Waals surface area contributed by atoms with Gasteiger partial charge in [0.15, 0.2) is 5.96 Å². The van der Waals surface area contributed by atoms with Crippen molar-refractivity contribution < 1.29 is 0 Å². The minimum absolute atomic E-state index is 0.0925. The van der Waals surface area contributed by atoms with Crippen LogP contribution in [0.1, 0.15) is 11.6 Å². The number of guanidine groups is 1. The molecule has 0 saturated heterocycles. The molecule has 0 aliphatic carbocycles. The van der Waals surface area contributed by atoms with Crippen LogP contribution >= 0.6 is 11.6 Å². The number of nitrogens with two attached hydrogens (primary N) is 1. The van der Waals surface area contributed by atoms with Gasteiger partial charge in [-0.2, -0.15) is 0 Å². The summed E-state index contributed by atoms with van der Waals surface area (Å²) < 4.78 is 0. The minimum atomic E-state index is 0.0925. The van der Waals surface area contributed by atoms with Gasteiger partial charge in [-0.15, -0.1) is 0 Å². The van der Waals surface area contributed by atoms with Crippen molar-refractivity contribution in [3.05, 3.63) is 59.4 Å². The summed E-state index contributed by atoms with van der Waals surface area (Å²) in [5.41, 5.74) is 8.08. The summed E-state index contributed by atoms with van der Waals surface area (Å²) in [5.74, 6) is 0.524. The predicted molar refractivity (Wildman–Crippen MR) is 77.4 cm³/mol. The van der Waals surface area contributed by atoms with Gasteiger partial charge in [-0.3, -0.25) is 9.98 Å². The second kappa shape index (κ2) is 4.90. The van der Waals surface area contributed by atoms with E-state index in [4.69, 9.17) is 17.3 Å². The van der Waals surface area contributed by atoms with Crippen molar-refractivity contribution in [2.75, 3.05) is 11.4 Å². The maximum Gasteiger partial charge on any atom is 0.196 e. The molecular formula is C14H13ClN4. The molecule has 0 amide bonds. The van der Waals surface area contributed by atoms with E-state index in [9.17, 15) is 0 Å². The third-order valence-corrected chi connectivity index (χ3v) is 3.41. The summed E-state index contributed by atoms with van der Waals surface area (Å²) in [5, 5.41) is 0.705. The molecule has 0 spiro atoms. The van der Waals surface area contributed by atoms with Crippen molar-refractivity contribution in [1.82, 2.24) is 4.98 Å². The molecule has 0 bridgehead atoms. The summed E-state index contributed by atoms with van der Waals surface area (Å²) in [6, 6.07) is 11.6. The number of pyridine rings is 1. The summed E-state index contributed by atoms with van der Waals surface area (Å²) in [7, 11) is 0. The molecule has 2 N–H and O–H groups in total. The van der Waals surface area contributed by atoms with Crippen molar-refractivity contribution >= 4 is 23.2 Å². The van der Waals surface area contributed by atoms with Crippen molar-refractivity contribution in [2.24, 2.45) is 10.7 Å². The van der Waals surface area contributed by atoms with E-state index in [1.807, 2.05) is 47.5 Å². The van der Waals surface area contributed by atoms with E-state index in [-0.39, 0.29) is 6.04 Å². The lowest BCUT2D eigenvalue weighted by molar-refractivity contribution is 0.764. The molecule has 3 rings (SSSR count). The van der Waals surface area contributed by atoms with E-state index in [0.717, 1.165) is 11.3 Å². The predicted octanol–water partition coefficient (Wildman–Crippen LogP) is 2.61. The Kier molecular flexibility index (Phi) is 3.09. The number of rotatable bonds is 2. The van der Waals surface area contributed by atoms with Gasteiger partial charge in [0.2, 0.25) is 0 Å². The molecule has 1 aromatic heterocycles. The Morgan fingerprint density at radius 2 is 2.00 bits per heavy atom. The van der Waals surface area contributed by atoms with E-state index in [0.29, 0.717) is 17.5 Å². The number of benzene rings is 1. The highest BCUT2D eigenvalue weighted by molar-refractivity contribution is 6.30. The van der Waals surface area contributed by atoms with Crippen LogP contribution in [0.25, 0.3) is 0 Å². The Labute approximate surface area is 116 Å². The average molecular weight is 273 g/mol. The quantitative estimate of drug-likeness (QED) is 0.914. The van der Waals surface area contributed by atoms with Crippen LogP contribution in [0.2, 0.25) is 5.02 Å². The fourth-order valence-electron chi connectivity index (χ4n) is 2.24. The molecule has 1 aromatic carbocycles. The Morgan fingerprint density at radius 1 is 1.21 bits per heavy atom. The summed E-state index contributed by atoms with van der Waals surface area (Å²) in [4.78, 5) is 10.5. The zero-order chi connectivity index (χ0) is 13.2. The van der Waals surface area contributed by atoms with E-state index >= 15 is 0 Å². The standard InChI is InChI=1S/C14H13ClN4/c15-11-3-5-12(6-4-11)19-13(9-18-14(19)16)10-2-1-7-17-8-10/h1-8,13H,9H2,(H2,16,18). The third kappa shape index (κ3) is 2.27. The Bertz CT molecular complexity index is 595. The molecule has 19 heavy (non-hydrogen) atoms. The lowest BCUT2D eigenvalue weighted by atomic mass is 10.1. The van der Waals surface area contributed by atoms with Crippen LogP contribution in [0.3, 0.4) is 0 Å². The molecule has 1 unspecified atom stereocenters. The van der Waals surface area contributed by atoms with Gasteiger partial charge in [0.05, 0.1) is 12.6 Å². The number of anilines is 1. The molecule has 1 atom stereocenters. The van der Waals surface area contributed by atoms with Crippen LogP contribution in [-0.2, 0) is 0 Å². The molecule has 0 fully saturated rings. The van der Waals surface area contributed by atoms with Gasteiger partial charge in [0.1, 0.15) is 0 Å². The monoisotopic (exact) mass is 272 g/mol. The lowest BCUT2D eigenvalue weighted by Gasteiger charge is -2.26. The average Bonchev–Trinajstić information content (AvgIpc) is 2.83. The first-order valence-electron chi connectivity index (χ1n) is 6.00. The maximum atomic E-state index is 6.00. The molecule has 1 aliphatic heterocycles. The van der Waals surface area contributed by atoms with Crippen LogP contribution in [0.15, 0.2) is 53.8 Å². The first kappa shape index (κ1) is 12.0. The number of aliphatic imine (C=N–C) groups is 1. The molecule has 2 aromatic rings. The van der Waals surface area contributed by atoms with Gasteiger partial charge in [-0.05, 0) is 35.9 Å². The highest BCUT2D eigenvalue weighted by Crippen LogP contribution is 2.31. The summed E-state index contributed by atoms with van der Waals surface area (Å²) in [6.45, 7) is 0.639. The number of aromatic nitrogens is 1. The van der Waals surface area contributed by atoms with Gasteiger partial charge in [-0.1, -0.05) is 17.7 Å². The minimum Gasteiger partial charge on any atom is -0.369 e. The Balaban J connectivity index is 1.97. The molecule has 1 aliphatic rings. The second-order valence-corrected chi connectivity index (χ2v) is 4.78. The fraction of sp³-hybridized carbons (Fsp3) is 0.143. The zero-order valence-electron chi connectivity index (χ0n) is 10.2. The van der Waals surface area contributed by atoms with Crippen molar-refractivity contribution in [1.29, 1.82) is 0 Å². The number of hydrogen-bond acceptors (Lipinski definition) is 4. The molecule has 5 heteroatoms. The third-order valence-electron chi connectivity index (χ3n) is 3.16. The molecular weight excluding hydrogens is 260 g/mol. The largest absolute Gasteiger partial charge is 0.369 e. The number of halogens is 1. The van der Waals surface area contributed by atoms with Crippen molar-refractivity contribution in [3.8, 4) is 0 Å². The van der Waals surface area contributed by atoms with Crippen LogP contribution < -0.4 is 10.6 Å². The van der Waals surface area contributed by atoms with Gasteiger partial charge in [0, 0.05) is 23.1 Å². The van der Waals surface area contributed by atoms with Gasteiger partial charge in [-0.25, -0.2) is 0 Å². The number of hydrogen-bond donors (Lipinski definition) is 1. The SMILES string of the molecule is NC1=NCC(c2cccnc2)N1c1ccc(Cl)cc1. The molecule has 96 valence electrons. The topological polar surface area (TPSA) is 54.5 Å². The first-order chi connectivity index (χ1) is 9.25. The van der Waals surface area contributed by atoms with E-state index in [1.165, 1.54) is 0 Å². The van der Waals surface area contributed by atoms with Gasteiger partial charge < -0.3 is 10.6 Å². The molecule has 4 nitrogen and oxygen atoms in total. The van der Waals surface area contributed by atoms with Gasteiger partial charge in [0.25, 0.3) is 0 Å².